The second-order valence-electron chi connectivity index (χ2n) is 5.88. The van der Waals surface area contributed by atoms with Crippen molar-refractivity contribution >= 4 is 5.91 Å². The molecule has 0 unspecified atom stereocenters. The van der Waals surface area contributed by atoms with Crippen molar-refractivity contribution in [1.82, 2.24) is 5.32 Å². The van der Waals surface area contributed by atoms with Gasteiger partial charge in [-0.3, -0.25) is 4.79 Å². The number of rotatable bonds is 1. The molecule has 2 saturated carbocycles. The van der Waals surface area contributed by atoms with Gasteiger partial charge in [0.25, 0.3) is 5.91 Å². The summed E-state index contributed by atoms with van der Waals surface area (Å²) in [5.74, 6) is 0.782. The third kappa shape index (κ3) is 0.718. The van der Waals surface area contributed by atoms with E-state index in [1.165, 1.54) is 6.42 Å². The molecule has 3 heteroatoms. The third-order valence-corrected chi connectivity index (χ3v) is 5.79. The van der Waals surface area contributed by atoms with E-state index in [4.69, 9.17) is 4.74 Å². The van der Waals surface area contributed by atoms with Gasteiger partial charge in [0.05, 0.1) is 6.61 Å². The van der Waals surface area contributed by atoms with E-state index in [9.17, 15) is 4.79 Å². The van der Waals surface area contributed by atoms with Crippen LogP contribution in [0.3, 0.4) is 0 Å². The van der Waals surface area contributed by atoms with E-state index in [1.54, 1.807) is 7.05 Å². The van der Waals surface area contributed by atoms with Gasteiger partial charge in [-0.05, 0) is 25.2 Å². The summed E-state index contributed by atoms with van der Waals surface area (Å²) in [6.45, 7) is 5.33. The molecule has 84 valence electrons. The Morgan fingerprint density at radius 1 is 1.47 bits per heavy atom. The SMILES string of the molecule is CNC(=O)[C@@]12C[C@H]3CC[C@]1(C)[C@@]3(C)CO2. The van der Waals surface area contributed by atoms with E-state index in [2.05, 4.69) is 19.2 Å². The average Bonchev–Trinajstić information content (AvgIpc) is 2.70. The lowest BCUT2D eigenvalue weighted by Crippen LogP contribution is -2.54. The third-order valence-electron chi connectivity index (χ3n) is 5.79. The summed E-state index contributed by atoms with van der Waals surface area (Å²) in [5, 5.41) is 2.79. The lowest BCUT2D eigenvalue weighted by Gasteiger charge is -2.39. The minimum Gasteiger partial charge on any atom is -0.364 e. The first-order chi connectivity index (χ1) is 7.00. The normalized spacial score (nSPS) is 56.1. The molecule has 1 heterocycles. The molecule has 3 nitrogen and oxygen atoms in total. The van der Waals surface area contributed by atoms with Gasteiger partial charge in [-0.2, -0.15) is 0 Å². The summed E-state index contributed by atoms with van der Waals surface area (Å²) in [7, 11) is 1.71. The van der Waals surface area contributed by atoms with Gasteiger partial charge in [0.15, 0.2) is 5.60 Å². The molecule has 4 atom stereocenters. The van der Waals surface area contributed by atoms with Crippen LogP contribution < -0.4 is 5.32 Å². The van der Waals surface area contributed by atoms with Crippen molar-refractivity contribution in [2.24, 2.45) is 16.7 Å². The Labute approximate surface area is 90.6 Å². The molecule has 15 heavy (non-hydrogen) atoms. The van der Waals surface area contributed by atoms with Crippen LogP contribution in [0.25, 0.3) is 0 Å². The number of likely N-dealkylation sites (N-methyl/N-ethyl adjacent to an activating group) is 1. The molecule has 0 spiro atoms. The predicted molar refractivity (Wildman–Crippen MR) is 56.3 cm³/mol. The molecule has 1 aliphatic heterocycles. The quantitative estimate of drug-likeness (QED) is 0.707. The van der Waals surface area contributed by atoms with Gasteiger partial charge in [-0.25, -0.2) is 0 Å². The molecular formula is C12H19NO2. The molecule has 1 saturated heterocycles. The monoisotopic (exact) mass is 209 g/mol. The van der Waals surface area contributed by atoms with Crippen LogP contribution in [0, 0.1) is 16.7 Å². The van der Waals surface area contributed by atoms with Gasteiger partial charge in [-0.1, -0.05) is 13.8 Å². The number of carbonyl (C=O) groups excluding carboxylic acids is 1. The summed E-state index contributed by atoms with van der Waals surface area (Å²) in [4.78, 5) is 12.1. The van der Waals surface area contributed by atoms with Gasteiger partial charge in [0.2, 0.25) is 0 Å². The highest BCUT2D eigenvalue weighted by Crippen LogP contribution is 2.74. The van der Waals surface area contributed by atoms with E-state index < -0.39 is 5.60 Å². The van der Waals surface area contributed by atoms with E-state index >= 15 is 0 Å². The first kappa shape index (κ1) is 9.64. The number of amides is 1. The Kier molecular flexibility index (Phi) is 1.54. The number of hydrogen-bond acceptors (Lipinski definition) is 2. The number of carbonyl (C=O) groups is 1. The van der Waals surface area contributed by atoms with E-state index in [-0.39, 0.29) is 16.7 Å². The van der Waals surface area contributed by atoms with E-state index in [0.717, 1.165) is 19.4 Å². The van der Waals surface area contributed by atoms with Crippen molar-refractivity contribution in [1.29, 1.82) is 0 Å². The smallest absolute Gasteiger partial charge is 0.252 e. The summed E-state index contributed by atoms with van der Waals surface area (Å²) in [5.41, 5.74) is -0.219. The van der Waals surface area contributed by atoms with Gasteiger partial charge in [0, 0.05) is 17.9 Å². The Hall–Kier alpha value is -0.570. The Bertz CT molecular complexity index is 343. The first-order valence-corrected chi connectivity index (χ1v) is 5.86. The van der Waals surface area contributed by atoms with Crippen molar-refractivity contribution < 1.29 is 9.53 Å². The number of ether oxygens (including phenoxy) is 1. The predicted octanol–water partition coefficient (Wildman–Crippen LogP) is 1.33. The van der Waals surface area contributed by atoms with Crippen molar-refractivity contribution in [2.75, 3.05) is 13.7 Å². The van der Waals surface area contributed by atoms with Gasteiger partial charge in [0.1, 0.15) is 0 Å². The number of nitrogens with one attached hydrogen (secondary N) is 1. The highest BCUT2D eigenvalue weighted by Gasteiger charge is 2.78. The minimum atomic E-state index is -0.514. The fraction of sp³-hybridized carbons (Fsp3) is 0.917. The highest BCUT2D eigenvalue weighted by atomic mass is 16.5. The van der Waals surface area contributed by atoms with E-state index in [1.807, 2.05) is 0 Å². The van der Waals surface area contributed by atoms with Crippen molar-refractivity contribution in [3.05, 3.63) is 0 Å². The number of hydrogen-bond donors (Lipinski definition) is 1. The molecule has 1 N–H and O–H groups in total. The van der Waals surface area contributed by atoms with Crippen LogP contribution in [0.2, 0.25) is 0 Å². The molecule has 4 bridgehead atoms. The van der Waals surface area contributed by atoms with Crippen molar-refractivity contribution in [3.63, 3.8) is 0 Å². The van der Waals surface area contributed by atoms with Crippen LogP contribution in [0.15, 0.2) is 0 Å². The fourth-order valence-electron chi connectivity index (χ4n) is 4.46. The second-order valence-corrected chi connectivity index (χ2v) is 5.88. The fourth-order valence-corrected chi connectivity index (χ4v) is 4.46. The van der Waals surface area contributed by atoms with Crippen molar-refractivity contribution in [2.45, 2.75) is 38.7 Å². The average molecular weight is 209 g/mol. The Morgan fingerprint density at radius 2 is 2.20 bits per heavy atom. The van der Waals surface area contributed by atoms with Crippen LogP contribution >= 0.6 is 0 Å². The summed E-state index contributed by atoms with van der Waals surface area (Å²) in [6.07, 6.45) is 3.34. The maximum atomic E-state index is 12.1. The molecule has 0 aromatic heterocycles. The second kappa shape index (κ2) is 2.40. The maximum Gasteiger partial charge on any atom is 0.252 e. The van der Waals surface area contributed by atoms with Gasteiger partial charge < -0.3 is 10.1 Å². The summed E-state index contributed by atoms with van der Waals surface area (Å²) in [6, 6.07) is 0. The molecule has 1 amide bonds. The largest absolute Gasteiger partial charge is 0.364 e. The summed E-state index contributed by atoms with van der Waals surface area (Å²) >= 11 is 0. The first-order valence-electron chi connectivity index (χ1n) is 5.86. The lowest BCUT2D eigenvalue weighted by atomic mass is 9.66. The van der Waals surface area contributed by atoms with E-state index in [0.29, 0.717) is 5.92 Å². The lowest BCUT2D eigenvalue weighted by molar-refractivity contribution is -0.155. The molecular weight excluding hydrogens is 190 g/mol. The van der Waals surface area contributed by atoms with Gasteiger partial charge in [-0.15, -0.1) is 0 Å². The molecule has 3 rings (SSSR count). The minimum absolute atomic E-state index is 0.0603. The van der Waals surface area contributed by atoms with Crippen LogP contribution in [0.1, 0.15) is 33.1 Å². The van der Waals surface area contributed by atoms with Crippen molar-refractivity contribution in [3.8, 4) is 0 Å². The summed E-state index contributed by atoms with van der Waals surface area (Å²) < 4.78 is 5.92. The van der Waals surface area contributed by atoms with Crippen LogP contribution in [-0.2, 0) is 9.53 Å². The zero-order valence-electron chi connectivity index (χ0n) is 9.72. The molecule has 0 aromatic rings. The topological polar surface area (TPSA) is 38.3 Å². The Morgan fingerprint density at radius 3 is 2.73 bits per heavy atom. The van der Waals surface area contributed by atoms with Crippen LogP contribution in [0.5, 0.6) is 0 Å². The molecule has 3 fully saturated rings. The van der Waals surface area contributed by atoms with Crippen LogP contribution in [-0.4, -0.2) is 25.2 Å². The Balaban J connectivity index is 2.12. The molecule has 2 aliphatic carbocycles. The highest BCUT2D eigenvalue weighted by molar-refractivity contribution is 5.87. The molecule has 0 radical (unpaired) electrons. The standard InChI is InChI=1S/C12H19NO2/c1-10-7-15-12(9(14)13-3)6-8(10)4-5-11(10,12)2/h8H,4-7H2,1-3H3,(H,13,14)/t8-,10+,11-,12+/m1/s1. The molecule has 0 aromatic carbocycles. The zero-order chi connectivity index (χ0) is 10.9. The molecule has 3 aliphatic rings. The zero-order valence-corrected chi connectivity index (χ0v) is 9.72. The maximum absolute atomic E-state index is 12.1. The van der Waals surface area contributed by atoms with Gasteiger partial charge >= 0.3 is 0 Å². The van der Waals surface area contributed by atoms with Crippen LogP contribution in [0.4, 0.5) is 0 Å².